The van der Waals surface area contributed by atoms with Crippen LogP contribution in [-0.2, 0) is 6.18 Å². The highest BCUT2D eigenvalue weighted by Gasteiger charge is 2.36. The van der Waals surface area contributed by atoms with Crippen LogP contribution in [0.15, 0.2) is 18.2 Å². The van der Waals surface area contributed by atoms with E-state index in [2.05, 4.69) is 0 Å². The molecule has 1 amide bonds. The molecule has 0 radical (unpaired) electrons. The molecule has 98 valence electrons. The molecule has 0 aromatic heterocycles. The summed E-state index contributed by atoms with van der Waals surface area (Å²) in [6.45, 7) is 1.31. The van der Waals surface area contributed by atoms with Crippen molar-refractivity contribution in [2.75, 3.05) is 18.0 Å². The van der Waals surface area contributed by atoms with E-state index in [1.807, 2.05) is 0 Å². The van der Waals surface area contributed by atoms with Gasteiger partial charge in [0.15, 0.2) is 0 Å². The minimum Gasteiger partial charge on any atom is -0.371 e. The molecule has 1 aromatic rings. The van der Waals surface area contributed by atoms with Gasteiger partial charge in [-0.25, -0.2) is 0 Å². The third-order valence-corrected chi connectivity index (χ3v) is 3.04. The Balaban J connectivity index is 2.56. The number of hydrogen-bond donors (Lipinski definition) is 1. The number of benzene rings is 1. The molecule has 3 nitrogen and oxygen atoms in total. The zero-order valence-corrected chi connectivity index (χ0v) is 9.63. The average molecular weight is 258 g/mol. The van der Waals surface area contributed by atoms with E-state index >= 15 is 0 Å². The van der Waals surface area contributed by atoms with Crippen LogP contribution in [0.25, 0.3) is 0 Å². The van der Waals surface area contributed by atoms with Gasteiger partial charge >= 0.3 is 6.18 Å². The first-order valence-electron chi connectivity index (χ1n) is 5.66. The van der Waals surface area contributed by atoms with Gasteiger partial charge < -0.3 is 10.6 Å². The minimum atomic E-state index is -4.57. The molecule has 0 spiro atoms. The van der Waals surface area contributed by atoms with Crippen LogP contribution in [0.2, 0.25) is 0 Å². The van der Waals surface area contributed by atoms with Gasteiger partial charge in [0.1, 0.15) is 0 Å². The Kier molecular flexibility index (Phi) is 3.19. The largest absolute Gasteiger partial charge is 0.417 e. The Morgan fingerprint density at radius 3 is 2.33 bits per heavy atom. The van der Waals surface area contributed by atoms with E-state index in [9.17, 15) is 18.0 Å². The molecule has 1 aliphatic rings. The quantitative estimate of drug-likeness (QED) is 0.885. The summed E-state index contributed by atoms with van der Waals surface area (Å²) in [4.78, 5) is 13.1. The minimum absolute atomic E-state index is 0.287. The molecule has 0 aliphatic carbocycles. The van der Waals surface area contributed by atoms with E-state index in [4.69, 9.17) is 5.73 Å². The van der Waals surface area contributed by atoms with Crippen molar-refractivity contribution in [2.24, 2.45) is 5.73 Å². The van der Waals surface area contributed by atoms with E-state index in [0.29, 0.717) is 13.1 Å². The number of primary amides is 1. The zero-order chi connectivity index (χ0) is 13.3. The van der Waals surface area contributed by atoms with Crippen molar-refractivity contribution in [1.29, 1.82) is 0 Å². The van der Waals surface area contributed by atoms with Gasteiger partial charge in [0.05, 0.1) is 16.8 Å². The highest BCUT2D eigenvalue weighted by Crippen LogP contribution is 2.36. The summed E-state index contributed by atoms with van der Waals surface area (Å²) in [5.74, 6) is -1.04. The molecule has 1 fully saturated rings. The van der Waals surface area contributed by atoms with Gasteiger partial charge in [-0.1, -0.05) is 6.07 Å². The lowest BCUT2D eigenvalue weighted by Crippen LogP contribution is -2.26. The topological polar surface area (TPSA) is 46.3 Å². The van der Waals surface area contributed by atoms with Crippen LogP contribution in [0, 0.1) is 0 Å². The zero-order valence-electron chi connectivity index (χ0n) is 9.63. The molecule has 0 unspecified atom stereocenters. The summed E-state index contributed by atoms with van der Waals surface area (Å²) in [6, 6.07) is 3.71. The van der Waals surface area contributed by atoms with Crippen molar-refractivity contribution in [1.82, 2.24) is 0 Å². The molecule has 2 rings (SSSR count). The maximum Gasteiger partial charge on any atom is 0.417 e. The smallest absolute Gasteiger partial charge is 0.371 e. The third-order valence-electron chi connectivity index (χ3n) is 3.04. The van der Waals surface area contributed by atoms with Gasteiger partial charge in [-0.2, -0.15) is 13.2 Å². The third kappa shape index (κ3) is 2.27. The molecule has 0 atom stereocenters. The number of anilines is 1. The normalized spacial score (nSPS) is 16.1. The predicted molar refractivity (Wildman–Crippen MR) is 61.4 cm³/mol. The van der Waals surface area contributed by atoms with Crippen LogP contribution in [-0.4, -0.2) is 19.0 Å². The molecule has 2 N–H and O–H groups in total. The van der Waals surface area contributed by atoms with Gasteiger partial charge in [-0.05, 0) is 25.0 Å². The monoisotopic (exact) mass is 258 g/mol. The Hall–Kier alpha value is -1.72. The van der Waals surface area contributed by atoms with Gasteiger partial charge in [-0.15, -0.1) is 0 Å². The fraction of sp³-hybridized carbons (Fsp3) is 0.417. The lowest BCUT2D eigenvalue weighted by Gasteiger charge is -2.22. The molecule has 0 bridgehead atoms. The van der Waals surface area contributed by atoms with Gasteiger partial charge in [0, 0.05) is 13.1 Å². The van der Waals surface area contributed by atoms with Gasteiger partial charge in [0.25, 0.3) is 5.91 Å². The Morgan fingerprint density at radius 1 is 1.22 bits per heavy atom. The number of carbonyl (C=O) groups is 1. The maximum absolute atomic E-state index is 12.8. The van der Waals surface area contributed by atoms with E-state index in [0.717, 1.165) is 18.9 Å². The number of carbonyl (C=O) groups excluding carboxylic acids is 1. The van der Waals surface area contributed by atoms with Gasteiger partial charge in [0.2, 0.25) is 0 Å². The van der Waals surface area contributed by atoms with Gasteiger partial charge in [-0.3, -0.25) is 4.79 Å². The van der Waals surface area contributed by atoms with Crippen molar-refractivity contribution >= 4 is 11.6 Å². The highest BCUT2D eigenvalue weighted by molar-refractivity contribution is 6.00. The molecule has 0 saturated carbocycles. The van der Waals surface area contributed by atoms with Crippen LogP contribution in [0.1, 0.15) is 28.8 Å². The molecule has 1 heterocycles. The van der Waals surface area contributed by atoms with Crippen LogP contribution in [0.3, 0.4) is 0 Å². The SMILES string of the molecule is NC(=O)c1c(N2CCCC2)cccc1C(F)(F)F. The lowest BCUT2D eigenvalue weighted by molar-refractivity contribution is -0.137. The number of nitrogens with zero attached hydrogens (tertiary/aromatic N) is 1. The first-order valence-corrected chi connectivity index (χ1v) is 5.66. The summed E-state index contributed by atoms with van der Waals surface area (Å²) in [6.07, 6.45) is -2.75. The van der Waals surface area contributed by atoms with Crippen molar-refractivity contribution in [2.45, 2.75) is 19.0 Å². The molecular formula is C12H13F3N2O. The summed E-state index contributed by atoms with van der Waals surface area (Å²) in [5, 5.41) is 0. The van der Waals surface area contributed by atoms with Crippen LogP contribution in [0.4, 0.5) is 18.9 Å². The van der Waals surface area contributed by atoms with Crippen molar-refractivity contribution in [3.63, 3.8) is 0 Å². The standard InChI is InChI=1S/C12H13F3N2O/c13-12(14,15)8-4-3-5-9(10(8)11(16)18)17-6-1-2-7-17/h3-5H,1-2,6-7H2,(H2,16,18). The maximum atomic E-state index is 12.8. The second kappa shape index (κ2) is 4.51. The van der Waals surface area contributed by atoms with E-state index < -0.39 is 23.2 Å². The second-order valence-electron chi connectivity index (χ2n) is 4.26. The molecule has 18 heavy (non-hydrogen) atoms. The predicted octanol–water partition coefficient (Wildman–Crippen LogP) is 2.40. The summed E-state index contributed by atoms with van der Waals surface area (Å²) in [5.41, 5.74) is 4.02. The van der Waals surface area contributed by atoms with Crippen LogP contribution >= 0.6 is 0 Å². The van der Waals surface area contributed by atoms with E-state index in [-0.39, 0.29) is 5.69 Å². The molecule has 1 aliphatic heterocycles. The fourth-order valence-corrected chi connectivity index (χ4v) is 2.26. The summed E-state index contributed by atoms with van der Waals surface area (Å²) < 4.78 is 38.5. The van der Waals surface area contributed by atoms with E-state index in [1.165, 1.54) is 12.1 Å². The van der Waals surface area contributed by atoms with Crippen LogP contribution < -0.4 is 10.6 Å². The Labute approximate surface area is 102 Å². The number of amides is 1. The van der Waals surface area contributed by atoms with E-state index in [1.54, 1.807) is 4.90 Å². The molecule has 1 saturated heterocycles. The number of nitrogens with two attached hydrogens (primary N) is 1. The lowest BCUT2D eigenvalue weighted by atomic mass is 10.0. The average Bonchev–Trinajstić information content (AvgIpc) is 2.80. The summed E-state index contributed by atoms with van der Waals surface area (Å²) >= 11 is 0. The Bertz CT molecular complexity index is 465. The van der Waals surface area contributed by atoms with Crippen LogP contribution in [0.5, 0.6) is 0 Å². The number of halogens is 3. The second-order valence-corrected chi connectivity index (χ2v) is 4.26. The fourth-order valence-electron chi connectivity index (χ4n) is 2.26. The van der Waals surface area contributed by atoms with Crippen molar-refractivity contribution < 1.29 is 18.0 Å². The van der Waals surface area contributed by atoms with Crippen molar-refractivity contribution in [3.8, 4) is 0 Å². The first kappa shape index (κ1) is 12.7. The molecule has 6 heteroatoms. The molecule has 1 aromatic carbocycles. The molecular weight excluding hydrogens is 245 g/mol. The first-order chi connectivity index (χ1) is 8.41. The van der Waals surface area contributed by atoms with Crippen molar-refractivity contribution in [3.05, 3.63) is 29.3 Å². The summed E-state index contributed by atoms with van der Waals surface area (Å²) in [7, 11) is 0. The highest BCUT2D eigenvalue weighted by atomic mass is 19.4. The number of rotatable bonds is 2. The Morgan fingerprint density at radius 2 is 1.83 bits per heavy atom. The number of hydrogen-bond acceptors (Lipinski definition) is 2. The number of alkyl halides is 3.